The summed E-state index contributed by atoms with van der Waals surface area (Å²) >= 11 is 1.54. The Bertz CT molecular complexity index is 2410. The minimum absolute atomic E-state index is 0.00244. The summed E-state index contributed by atoms with van der Waals surface area (Å²) in [6, 6.07) is 36.6. The highest BCUT2D eigenvalue weighted by Gasteiger charge is 2.32. The lowest BCUT2D eigenvalue weighted by atomic mass is 9.99. The first kappa shape index (κ1) is 47.1. The van der Waals surface area contributed by atoms with Gasteiger partial charge in [0.25, 0.3) is 5.91 Å². The van der Waals surface area contributed by atoms with Gasteiger partial charge in [-0.1, -0.05) is 121 Å². The summed E-state index contributed by atoms with van der Waals surface area (Å²) in [5, 5.41) is 24.7. The fraction of sp³-hybridized carbons (Fsp3) is 0.240. The van der Waals surface area contributed by atoms with E-state index in [1.54, 1.807) is 60.3 Å². The molecule has 1 unspecified atom stereocenters. The maximum atomic E-state index is 14.3. The van der Waals surface area contributed by atoms with Gasteiger partial charge in [-0.3, -0.25) is 29.3 Å². The van der Waals surface area contributed by atoms with Crippen molar-refractivity contribution in [1.82, 2.24) is 21.3 Å². The molecule has 0 aliphatic carbocycles. The Labute approximate surface area is 381 Å². The van der Waals surface area contributed by atoms with Gasteiger partial charge >= 0.3 is 12.1 Å². The van der Waals surface area contributed by atoms with Crippen LogP contribution in [0.15, 0.2) is 145 Å². The predicted octanol–water partition coefficient (Wildman–Crippen LogP) is 6.34. The monoisotopic (exact) mass is 897 g/mol. The van der Waals surface area contributed by atoms with Crippen LogP contribution in [0.25, 0.3) is 11.1 Å². The van der Waals surface area contributed by atoms with Gasteiger partial charge in [-0.2, -0.15) is 0 Å². The normalized spacial score (nSPS) is 14.2. The van der Waals surface area contributed by atoms with Crippen LogP contribution in [-0.4, -0.2) is 77.3 Å². The minimum Gasteiger partial charge on any atom is -0.484 e. The van der Waals surface area contributed by atoms with Crippen molar-refractivity contribution in [3.05, 3.63) is 167 Å². The number of allylic oxidation sites excluding steroid dienone is 1. The lowest BCUT2D eigenvalue weighted by molar-refractivity contribution is -0.138. The second-order valence-electron chi connectivity index (χ2n) is 15.4. The molecule has 5 aromatic rings. The molecule has 15 heteroatoms. The van der Waals surface area contributed by atoms with Crippen molar-refractivity contribution < 1.29 is 43.3 Å². The average molecular weight is 898 g/mol. The molecule has 0 aromatic heterocycles. The summed E-state index contributed by atoms with van der Waals surface area (Å²) in [5.74, 6) is -3.30. The first-order chi connectivity index (χ1) is 31.5. The zero-order valence-electron chi connectivity index (χ0n) is 35.7. The largest absolute Gasteiger partial charge is 0.484 e. The molecule has 1 aliphatic rings. The van der Waals surface area contributed by atoms with Crippen molar-refractivity contribution in [2.24, 2.45) is 0 Å². The van der Waals surface area contributed by atoms with Crippen molar-refractivity contribution in [2.75, 3.05) is 18.5 Å². The number of carbonyl (C=O) groups excluding carboxylic acids is 5. The zero-order chi connectivity index (χ0) is 46.0. The van der Waals surface area contributed by atoms with Crippen LogP contribution in [0, 0.1) is 6.92 Å². The number of carboxylic acids is 1. The lowest BCUT2D eigenvalue weighted by Crippen LogP contribution is -2.58. The number of rotatable bonds is 21. The number of carbonyl (C=O) groups is 6. The van der Waals surface area contributed by atoms with Crippen LogP contribution in [0.2, 0.25) is 0 Å². The molecule has 6 N–H and O–H groups in total. The number of aryl methyl sites for hydroxylation is 1. The molecule has 336 valence electrons. The van der Waals surface area contributed by atoms with Crippen LogP contribution in [0.4, 0.5) is 10.5 Å². The van der Waals surface area contributed by atoms with Crippen LogP contribution in [-0.2, 0) is 48.2 Å². The van der Waals surface area contributed by atoms with E-state index in [4.69, 9.17) is 9.47 Å². The maximum absolute atomic E-state index is 14.3. The molecular weight excluding hydrogens is 847 g/mol. The third-order valence-corrected chi connectivity index (χ3v) is 11.5. The number of benzene rings is 5. The van der Waals surface area contributed by atoms with E-state index in [2.05, 4.69) is 26.6 Å². The number of hydrogen-bond acceptors (Lipinski definition) is 9. The van der Waals surface area contributed by atoms with Crippen molar-refractivity contribution >= 4 is 53.1 Å². The highest BCUT2D eigenvalue weighted by Crippen LogP contribution is 2.28. The highest BCUT2D eigenvalue weighted by atomic mass is 32.2. The highest BCUT2D eigenvalue weighted by molar-refractivity contribution is 8.03. The number of hydrogen-bond donors (Lipinski definition) is 6. The van der Waals surface area contributed by atoms with Crippen LogP contribution in [0.5, 0.6) is 5.75 Å². The van der Waals surface area contributed by atoms with Crippen LogP contribution in [0.3, 0.4) is 0 Å². The van der Waals surface area contributed by atoms with E-state index in [1.165, 1.54) is 0 Å². The fourth-order valence-electron chi connectivity index (χ4n) is 6.89. The molecule has 0 fully saturated rings. The molecule has 14 nitrogen and oxygen atoms in total. The topological polar surface area (TPSA) is 201 Å². The Hall–Kier alpha value is -7.39. The molecule has 65 heavy (non-hydrogen) atoms. The summed E-state index contributed by atoms with van der Waals surface area (Å²) < 4.78 is 11.0. The molecule has 5 amide bonds. The minimum atomic E-state index is -1.25. The Balaban J connectivity index is 1.18. The molecule has 4 atom stereocenters. The Morgan fingerprint density at radius 1 is 0.662 bits per heavy atom. The molecule has 0 saturated carbocycles. The first-order valence-corrected chi connectivity index (χ1v) is 22.0. The lowest BCUT2D eigenvalue weighted by Gasteiger charge is -2.26. The SMILES string of the molecule is Cc1ccc(OCC(=O)N[C@@H](CC2CC=CS2)C(=O)N[C@@H](Cc2ccc(-c3ccc(NC(=O)OCc4ccccc4)cc3)cc2)C(=O)N[C@@H](Cc2ccccc2)C(=O)NCC(=O)O)cc1. The fourth-order valence-corrected chi connectivity index (χ4v) is 7.86. The molecule has 0 saturated heterocycles. The quantitative estimate of drug-likeness (QED) is 0.0483. The number of carboxylic acid groups (broad SMARTS) is 1. The average Bonchev–Trinajstić information content (AvgIpc) is 3.83. The third kappa shape index (κ3) is 15.4. The first-order valence-electron chi connectivity index (χ1n) is 21.1. The van der Waals surface area contributed by atoms with E-state index in [9.17, 15) is 33.9 Å². The molecule has 0 spiro atoms. The number of ether oxygens (including phenoxy) is 2. The number of amides is 5. The van der Waals surface area contributed by atoms with Gasteiger partial charge in [0.05, 0.1) is 0 Å². The third-order valence-electron chi connectivity index (χ3n) is 10.3. The van der Waals surface area contributed by atoms with E-state index in [0.717, 1.165) is 22.3 Å². The summed E-state index contributed by atoms with van der Waals surface area (Å²) in [6.45, 7) is 1.08. The molecule has 1 heterocycles. The van der Waals surface area contributed by atoms with Gasteiger partial charge in [0.2, 0.25) is 17.7 Å². The van der Waals surface area contributed by atoms with Gasteiger partial charge in [-0.15, -0.1) is 11.8 Å². The molecule has 0 bridgehead atoms. The van der Waals surface area contributed by atoms with E-state index in [1.807, 2.05) is 103 Å². The Morgan fingerprint density at radius 3 is 1.83 bits per heavy atom. The number of nitrogens with one attached hydrogen (secondary N) is 5. The molecule has 5 aromatic carbocycles. The van der Waals surface area contributed by atoms with Crippen molar-refractivity contribution in [3.63, 3.8) is 0 Å². The van der Waals surface area contributed by atoms with Gasteiger partial charge in [-0.05, 0) is 77.3 Å². The Morgan fingerprint density at radius 2 is 1.23 bits per heavy atom. The number of anilines is 1. The Kier molecular flexibility index (Phi) is 17.3. The predicted molar refractivity (Wildman–Crippen MR) is 249 cm³/mol. The van der Waals surface area contributed by atoms with E-state index >= 15 is 0 Å². The van der Waals surface area contributed by atoms with Crippen molar-refractivity contribution in [2.45, 2.75) is 62.6 Å². The van der Waals surface area contributed by atoms with Gasteiger partial charge in [-0.25, -0.2) is 4.79 Å². The standard InChI is InChI=1S/C50H51N5O9S/c1-33-14-24-40(25-15-33)63-32-45(56)53-44(29-41-13-8-26-65-41)49(61)55-43(48(60)54-42(47(59)51-30-46(57)58)27-34-9-4-2-5-10-34)28-35-16-18-37(19-17-35)38-20-22-39(23-21-38)52-50(62)64-31-36-11-6-3-7-12-36/h2-12,14-26,41-44H,13,27-32H2,1H3,(H,51,59)(H,52,62)(H,53,56)(H,54,60)(H,55,61)(H,57,58)/t41?,42-,43-,44-/m0/s1. The van der Waals surface area contributed by atoms with Gasteiger partial charge in [0, 0.05) is 23.8 Å². The maximum Gasteiger partial charge on any atom is 0.411 e. The van der Waals surface area contributed by atoms with Gasteiger partial charge < -0.3 is 35.8 Å². The summed E-state index contributed by atoms with van der Waals surface area (Å²) in [4.78, 5) is 78.9. The molecule has 6 rings (SSSR count). The molecular formula is C50H51N5O9S. The summed E-state index contributed by atoms with van der Waals surface area (Å²) in [6.07, 6.45) is 2.40. The zero-order valence-corrected chi connectivity index (χ0v) is 36.6. The van der Waals surface area contributed by atoms with Crippen LogP contribution < -0.4 is 31.3 Å². The van der Waals surface area contributed by atoms with Crippen LogP contribution in [0.1, 0.15) is 35.1 Å². The second-order valence-corrected chi connectivity index (χ2v) is 16.6. The van der Waals surface area contributed by atoms with Crippen molar-refractivity contribution in [1.29, 1.82) is 0 Å². The smallest absolute Gasteiger partial charge is 0.411 e. The van der Waals surface area contributed by atoms with E-state index < -0.39 is 60.4 Å². The van der Waals surface area contributed by atoms with Crippen molar-refractivity contribution in [3.8, 4) is 16.9 Å². The summed E-state index contributed by atoms with van der Waals surface area (Å²) in [7, 11) is 0. The molecule has 0 radical (unpaired) electrons. The van der Waals surface area contributed by atoms with E-state index in [-0.39, 0.29) is 37.7 Å². The van der Waals surface area contributed by atoms with E-state index in [0.29, 0.717) is 29.0 Å². The number of aliphatic carboxylic acids is 1. The van der Waals surface area contributed by atoms with Gasteiger partial charge in [0.1, 0.15) is 37.0 Å². The molecule has 1 aliphatic heterocycles. The second kappa shape index (κ2) is 23.9. The number of thioether (sulfide) groups is 1. The van der Waals surface area contributed by atoms with Crippen LogP contribution >= 0.6 is 11.8 Å². The summed E-state index contributed by atoms with van der Waals surface area (Å²) in [5.41, 5.74) is 5.52. The van der Waals surface area contributed by atoms with Gasteiger partial charge in [0.15, 0.2) is 6.61 Å².